The molecule has 0 aliphatic carbocycles. The van der Waals surface area contributed by atoms with Gasteiger partial charge in [0, 0.05) is 24.2 Å². The van der Waals surface area contributed by atoms with Gasteiger partial charge < -0.3 is 10.1 Å². The number of nitrogens with zero attached hydrogens (tertiary/aromatic N) is 1. The standard InChI is InChI=1S/C17H13ClN2O6/c1-10(21)19-13-5-2-11(3-6-13)16(22)9-26-17(23)12-4-7-14(18)15(8-12)20(24)25/h2-8H,9H2,1H3,(H,19,21). The summed E-state index contributed by atoms with van der Waals surface area (Å²) in [6.45, 7) is 0.828. The normalized spacial score (nSPS) is 10.1. The molecule has 0 aromatic heterocycles. The lowest BCUT2D eigenvalue weighted by Gasteiger charge is -2.06. The molecule has 1 N–H and O–H groups in total. The largest absolute Gasteiger partial charge is 0.454 e. The van der Waals surface area contributed by atoms with Gasteiger partial charge in [0.05, 0.1) is 10.5 Å². The summed E-state index contributed by atoms with van der Waals surface area (Å²) in [4.78, 5) is 45.1. The summed E-state index contributed by atoms with van der Waals surface area (Å²) in [6, 6.07) is 9.50. The molecule has 0 radical (unpaired) electrons. The van der Waals surface area contributed by atoms with Crippen molar-refractivity contribution in [3.63, 3.8) is 0 Å². The number of anilines is 1. The van der Waals surface area contributed by atoms with E-state index in [1.54, 1.807) is 12.1 Å². The molecule has 9 heteroatoms. The highest BCUT2D eigenvalue weighted by Crippen LogP contribution is 2.25. The molecule has 2 rings (SSSR count). The number of carbonyl (C=O) groups is 3. The van der Waals surface area contributed by atoms with Crippen molar-refractivity contribution in [1.82, 2.24) is 0 Å². The minimum absolute atomic E-state index is 0.0880. The Bertz CT molecular complexity index is 879. The number of nitro groups is 1. The number of carbonyl (C=O) groups excluding carboxylic acids is 3. The van der Waals surface area contributed by atoms with Gasteiger partial charge >= 0.3 is 5.97 Å². The number of hydrogen-bond acceptors (Lipinski definition) is 6. The summed E-state index contributed by atoms with van der Waals surface area (Å²) in [6.07, 6.45) is 0. The van der Waals surface area contributed by atoms with E-state index in [1.807, 2.05) is 0 Å². The highest BCUT2D eigenvalue weighted by Gasteiger charge is 2.18. The van der Waals surface area contributed by atoms with Gasteiger partial charge in [-0.3, -0.25) is 19.7 Å². The predicted molar refractivity (Wildman–Crippen MR) is 93.5 cm³/mol. The van der Waals surface area contributed by atoms with E-state index < -0.39 is 29.0 Å². The first-order chi connectivity index (χ1) is 12.3. The number of ketones is 1. The maximum atomic E-state index is 12.0. The molecule has 0 saturated carbocycles. The van der Waals surface area contributed by atoms with E-state index in [0.29, 0.717) is 5.69 Å². The fourth-order valence-corrected chi connectivity index (χ4v) is 2.21. The van der Waals surface area contributed by atoms with E-state index in [0.717, 1.165) is 6.07 Å². The third kappa shape index (κ3) is 4.87. The van der Waals surface area contributed by atoms with Gasteiger partial charge in [-0.25, -0.2) is 4.79 Å². The van der Waals surface area contributed by atoms with Crippen molar-refractivity contribution in [3.05, 3.63) is 68.7 Å². The van der Waals surface area contributed by atoms with Crippen LogP contribution in [0.5, 0.6) is 0 Å². The SMILES string of the molecule is CC(=O)Nc1ccc(C(=O)COC(=O)c2ccc(Cl)c([N+](=O)[O-])c2)cc1. The summed E-state index contributed by atoms with van der Waals surface area (Å²) in [5.74, 6) is -1.58. The van der Waals surface area contributed by atoms with Gasteiger partial charge in [0.25, 0.3) is 5.69 Å². The first kappa shape index (κ1) is 19.1. The second kappa shape index (κ2) is 8.21. The highest BCUT2D eigenvalue weighted by atomic mass is 35.5. The molecule has 8 nitrogen and oxygen atoms in total. The summed E-state index contributed by atoms with van der Waals surface area (Å²) < 4.78 is 4.89. The van der Waals surface area contributed by atoms with Crippen LogP contribution in [0.4, 0.5) is 11.4 Å². The van der Waals surface area contributed by atoms with Gasteiger partial charge in [0.15, 0.2) is 12.4 Å². The van der Waals surface area contributed by atoms with Crippen LogP contribution in [0.3, 0.4) is 0 Å². The number of amides is 1. The Labute approximate surface area is 152 Å². The topological polar surface area (TPSA) is 116 Å². The molecule has 0 heterocycles. The first-order valence-corrected chi connectivity index (χ1v) is 7.67. The lowest BCUT2D eigenvalue weighted by Crippen LogP contribution is -2.14. The first-order valence-electron chi connectivity index (χ1n) is 7.30. The van der Waals surface area contributed by atoms with E-state index in [-0.39, 0.29) is 22.1 Å². The number of rotatable bonds is 6. The molecular formula is C17H13ClN2O6. The summed E-state index contributed by atoms with van der Waals surface area (Å²) in [5.41, 5.74) is 0.296. The summed E-state index contributed by atoms with van der Waals surface area (Å²) in [5, 5.41) is 13.3. The number of ether oxygens (including phenoxy) is 1. The molecule has 2 aromatic carbocycles. The maximum absolute atomic E-state index is 12.0. The summed E-state index contributed by atoms with van der Waals surface area (Å²) in [7, 11) is 0. The Hall–Kier alpha value is -3.26. The second-order valence-corrected chi connectivity index (χ2v) is 5.59. The van der Waals surface area contributed by atoms with Crippen molar-refractivity contribution in [2.24, 2.45) is 0 Å². The average molecular weight is 377 g/mol. The Morgan fingerprint density at radius 2 is 1.73 bits per heavy atom. The van der Waals surface area contributed by atoms with Crippen LogP contribution in [0.15, 0.2) is 42.5 Å². The van der Waals surface area contributed by atoms with Crippen LogP contribution in [0.1, 0.15) is 27.6 Å². The van der Waals surface area contributed by atoms with Gasteiger partial charge in [0.1, 0.15) is 5.02 Å². The van der Waals surface area contributed by atoms with Crippen molar-refractivity contribution in [3.8, 4) is 0 Å². The smallest absolute Gasteiger partial charge is 0.338 e. The van der Waals surface area contributed by atoms with Crippen LogP contribution in [-0.4, -0.2) is 29.2 Å². The van der Waals surface area contributed by atoms with Gasteiger partial charge in [-0.1, -0.05) is 11.6 Å². The van der Waals surface area contributed by atoms with E-state index in [1.165, 1.54) is 31.2 Å². The molecule has 134 valence electrons. The van der Waals surface area contributed by atoms with Gasteiger partial charge in [-0.05, 0) is 36.4 Å². The van der Waals surface area contributed by atoms with E-state index in [2.05, 4.69) is 5.32 Å². The molecule has 0 aliphatic rings. The number of Topliss-reactive ketones (excluding diaryl/α,β-unsaturated/α-hetero) is 1. The maximum Gasteiger partial charge on any atom is 0.338 e. The minimum atomic E-state index is -0.881. The number of nitro benzene ring substituents is 1. The Morgan fingerprint density at radius 3 is 2.31 bits per heavy atom. The van der Waals surface area contributed by atoms with Crippen LogP contribution >= 0.6 is 11.6 Å². The molecule has 0 bridgehead atoms. The fourth-order valence-electron chi connectivity index (χ4n) is 2.02. The molecule has 0 fully saturated rings. The van der Waals surface area contributed by atoms with Gasteiger partial charge in [-0.15, -0.1) is 0 Å². The molecule has 0 unspecified atom stereocenters. The van der Waals surface area contributed by atoms with Crippen LogP contribution in [-0.2, 0) is 9.53 Å². The molecule has 0 atom stereocenters. The van der Waals surface area contributed by atoms with E-state index >= 15 is 0 Å². The molecule has 1 amide bonds. The van der Waals surface area contributed by atoms with Crippen LogP contribution in [0, 0.1) is 10.1 Å². The molecule has 26 heavy (non-hydrogen) atoms. The third-order valence-corrected chi connectivity index (χ3v) is 3.56. The Kier molecular flexibility index (Phi) is 6.03. The monoisotopic (exact) mass is 376 g/mol. The lowest BCUT2D eigenvalue weighted by molar-refractivity contribution is -0.384. The fraction of sp³-hybridized carbons (Fsp3) is 0.118. The predicted octanol–water partition coefficient (Wildman–Crippen LogP) is 3.25. The zero-order valence-corrected chi connectivity index (χ0v) is 14.3. The van der Waals surface area contributed by atoms with Crippen LogP contribution < -0.4 is 5.32 Å². The van der Waals surface area contributed by atoms with Crippen molar-refractivity contribution < 1.29 is 24.0 Å². The second-order valence-electron chi connectivity index (χ2n) is 5.18. The molecule has 0 aliphatic heterocycles. The number of halogens is 1. The van der Waals surface area contributed by atoms with E-state index in [4.69, 9.17) is 16.3 Å². The van der Waals surface area contributed by atoms with Crippen LogP contribution in [0.2, 0.25) is 5.02 Å². The quantitative estimate of drug-likeness (QED) is 0.358. The molecule has 2 aromatic rings. The zero-order valence-electron chi connectivity index (χ0n) is 13.5. The van der Waals surface area contributed by atoms with Crippen LogP contribution in [0.25, 0.3) is 0 Å². The van der Waals surface area contributed by atoms with Crippen molar-refractivity contribution in [2.75, 3.05) is 11.9 Å². The highest BCUT2D eigenvalue weighted by molar-refractivity contribution is 6.32. The van der Waals surface area contributed by atoms with E-state index in [9.17, 15) is 24.5 Å². The lowest BCUT2D eigenvalue weighted by atomic mass is 10.1. The third-order valence-electron chi connectivity index (χ3n) is 3.24. The van der Waals surface area contributed by atoms with Crippen molar-refractivity contribution in [1.29, 1.82) is 0 Å². The number of hydrogen-bond donors (Lipinski definition) is 1. The molecule has 0 saturated heterocycles. The van der Waals surface area contributed by atoms with Crippen molar-refractivity contribution in [2.45, 2.75) is 6.92 Å². The average Bonchev–Trinajstić information content (AvgIpc) is 2.59. The minimum Gasteiger partial charge on any atom is -0.454 e. The number of nitrogens with one attached hydrogen (secondary N) is 1. The van der Waals surface area contributed by atoms with Gasteiger partial charge in [-0.2, -0.15) is 0 Å². The molecule has 0 spiro atoms. The number of esters is 1. The number of benzene rings is 2. The Balaban J connectivity index is 2.00. The summed E-state index contributed by atoms with van der Waals surface area (Å²) >= 11 is 5.67. The van der Waals surface area contributed by atoms with Crippen molar-refractivity contribution >= 4 is 40.6 Å². The zero-order chi connectivity index (χ0) is 19.3. The van der Waals surface area contributed by atoms with Gasteiger partial charge in [0.2, 0.25) is 5.91 Å². The Morgan fingerprint density at radius 1 is 1.12 bits per heavy atom. The molecular weight excluding hydrogens is 364 g/mol.